The van der Waals surface area contributed by atoms with Gasteiger partial charge in [-0.15, -0.1) is 45.3 Å². The largest absolute Gasteiger partial charge is 0.457 e. The molecule has 4 aromatic heterocycles. The number of thiophene rings is 4. The summed E-state index contributed by atoms with van der Waals surface area (Å²) in [4.78, 5) is 7.54. The lowest BCUT2D eigenvalue weighted by Gasteiger charge is -2.50. The van der Waals surface area contributed by atoms with Crippen molar-refractivity contribution in [2.45, 2.75) is 10.8 Å². The van der Waals surface area contributed by atoms with Crippen LogP contribution in [0.2, 0.25) is 0 Å². The van der Waals surface area contributed by atoms with E-state index in [1.54, 1.807) is 0 Å². The van der Waals surface area contributed by atoms with Gasteiger partial charge in [0, 0.05) is 74.3 Å². The van der Waals surface area contributed by atoms with E-state index in [4.69, 9.17) is 9.47 Å². The van der Waals surface area contributed by atoms with Crippen LogP contribution < -0.4 is 19.3 Å². The summed E-state index contributed by atoms with van der Waals surface area (Å²) in [5.41, 5.74) is 9.68. The number of para-hydroxylation sites is 6. The van der Waals surface area contributed by atoms with Crippen LogP contribution >= 0.6 is 45.3 Å². The van der Waals surface area contributed by atoms with Gasteiger partial charge in [0.2, 0.25) is 0 Å². The zero-order valence-electron chi connectivity index (χ0n) is 41.6. The van der Waals surface area contributed by atoms with Crippen molar-refractivity contribution in [2.75, 3.05) is 9.80 Å². The van der Waals surface area contributed by atoms with Gasteiger partial charge in [-0.25, -0.2) is 0 Å². The van der Waals surface area contributed by atoms with Crippen LogP contribution in [-0.4, -0.2) is 0 Å². The summed E-state index contributed by atoms with van der Waals surface area (Å²) < 4.78 is 19.2. The van der Waals surface area contributed by atoms with E-state index >= 15 is 0 Å². The Hall–Kier alpha value is -8.76. The summed E-state index contributed by atoms with van der Waals surface area (Å²) in [5.74, 6) is 3.41. The topological polar surface area (TPSA) is 24.9 Å². The fourth-order valence-corrected chi connectivity index (χ4v) is 18.5. The molecular formula is C70H42N2O2S4. The van der Waals surface area contributed by atoms with E-state index in [9.17, 15) is 0 Å². The SMILES string of the molecule is c1ccc(N(c2cc3c(s2)C2(c4ccccc4Oc4ccccc42)c2cc(N(c4ccccc4)c4cccc5c4sc4ccccc45)sc2C32c3ccccc3Oc3ccccc32)c2cccc3c2sc2ccccc23)cc1. The summed E-state index contributed by atoms with van der Waals surface area (Å²) in [5, 5.41) is 7.30. The Bertz CT molecular complexity index is 4300. The minimum atomic E-state index is -0.848. The lowest BCUT2D eigenvalue weighted by Crippen LogP contribution is -2.45. The number of ether oxygens (including phenoxy) is 2. The molecule has 6 heterocycles. The number of nitrogens with zero attached hydrogens (tertiary/aromatic N) is 2. The molecule has 0 radical (unpaired) electrons. The molecule has 8 heteroatoms. The van der Waals surface area contributed by atoms with Crippen molar-refractivity contribution in [2.24, 2.45) is 0 Å². The first-order valence-corrected chi connectivity index (χ1v) is 29.5. The van der Waals surface area contributed by atoms with Crippen LogP contribution in [0.15, 0.2) is 255 Å². The highest BCUT2D eigenvalue weighted by Gasteiger charge is 2.61. The van der Waals surface area contributed by atoms with E-state index in [0.717, 1.165) is 78.0 Å². The highest BCUT2D eigenvalue weighted by molar-refractivity contribution is 7.27. The molecule has 368 valence electrons. The first-order valence-electron chi connectivity index (χ1n) is 26.2. The second-order valence-corrected chi connectivity index (χ2v) is 24.4. The van der Waals surface area contributed by atoms with Gasteiger partial charge < -0.3 is 19.3 Å². The van der Waals surface area contributed by atoms with Gasteiger partial charge >= 0.3 is 0 Å². The number of rotatable bonds is 6. The Kier molecular flexibility index (Phi) is 9.60. The standard InChI is InChI=1S/C70H42N2O2S4/c1-3-21-43(22-4-1)71(55-33-19-27-47-45-25-7-17-39-61(45)75-65(47)55)63-41-53-67(77-63)70(51-31-11-15-37-59(51)74-60-38-16-12-32-52(60)70)54-42-64(78-68(54)69(53)49-29-9-13-35-57(49)73-58-36-14-10-30-50(58)69)72(44-23-5-2-6-24-44)56-34-20-28-48-46-26-8-18-40-62(46)76-66(48)56/h1-42H. The number of anilines is 6. The lowest BCUT2D eigenvalue weighted by molar-refractivity contribution is 0.418. The average molecular weight is 1070 g/mol. The summed E-state index contributed by atoms with van der Waals surface area (Å²) >= 11 is 7.54. The first-order chi connectivity index (χ1) is 38.7. The molecule has 2 aliphatic heterocycles. The molecule has 0 saturated carbocycles. The Labute approximate surface area is 466 Å². The third kappa shape index (κ3) is 6.03. The lowest BCUT2D eigenvalue weighted by atomic mass is 9.54. The molecule has 0 unspecified atom stereocenters. The van der Waals surface area contributed by atoms with Crippen molar-refractivity contribution in [3.63, 3.8) is 0 Å². The van der Waals surface area contributed by atoms with Crippen LogP contribution in [0.4, 0.5) is 32.8 Å². The normalized spacial score (nSPS) is 14.1. The van der Waals surface area contributed by atoms with E-state index in [1.807, 2.05) is 45.3 Å². The number of benzene rings is 10. The summed E-state index contributed by atoms with van der Waals surface area (Å²) in [6.07, 6.45) is 0. The Balaban J connectivity index is 1.04. The van der Waals surface area contributed by atoms with Crippen molar-refractivity contribution in [1.82, 2.24) is 0 Å². The smallest absolute Gasteiger partial charge is 0.132 e. The van der Waals surface area contributed by atoms with Crippen molar-refractivity contribution >= 4 is 118 Å². The van der Waals surface area contributed by atoms with Gasteiger partial charge in [-0.3, -0.25) is 0 Å². The zero-order chi connectivity index (χ0) is 51.1. The maximum atomic E-state index is 7.09. The molecule has 0 N–H and O–H groups in total. The summed E-state index contributed by atoms with van der Waals surface area (Å²) in [7, 11) is 0. The molecule has 0 atom stereocenters. The average Bonchev–Trinajstić information content (AvgIpc) is 3.82. The van der Waals surface area contributed by atoms with E-state index in [-0.39, 0.29) is 0 Å². The molecule has 0 fully saturated rings. The predicted octanol–water partition coefficient (Wildman–Crippen LogP) is 20.8. The van der Waals surface area contributed by atoms with Crippen molar-refractivity contribution in [3.8, 4) is 23.0 Å². The third-order valence-electron chi connectivity index (χ3n) is 16.2. The van der Waals surface area contributed by atoms with Crippen LogP contribution in [0.3, 0.4) is 0 Å². The molecular weight excluding hydrogens is 1030 g/mol. The van der Waals surface area contributed by atoms with E-state index in [0.29, 0.717) is 0 Å². The van der Waals surface area contributed by atoms with Crippen LogP contribution in [-0.2, 0) is 10.8 Å². The highest BCUT2D eigenvalue weighted by Crippen LogP contribution is 2.71. The predicted molar refractivity (Wildman–Crippen MR) is 328 cm³/mol. The molecule has 10 aromatic carbocycles. The third-order valence-corrected chi connectivity index (χ3v) is 21.1. The van der Waals surface area contributed by atoms with Crippen molar-refractivity contribution in [1.29, 1.82) is 0 Å². The number of hydrogen-bond acceptors (Lipinski definition) is 8. The number of hydrogen-bond donors (Lipinski definition) is 0. The summed E-state index contributed by atoms with van der Waals surface area (Å²) in [6.45, 7) is 0. The highest BCUT2D eigenvalue weighted by atomic mass is 32.1. The second-order valence-electron chi connectivity index (χ2n) is 20.2. The number of fused-ring (bicyclic) bond motifs is 20. The van der Waals surface area contributed by atoms with Crippen molar-refractivity contribution < 1.29 is 9.47 Å². The fraction of sp³-hybridized carbons (Fsp3) is 0.0286. The molecule has 14 aromatic rings. The zero-order valence-corrected chi connectivity index (χ0v) is 44.9. The fourth-order valence-electron chi connectivity index (χ4n) is 13.1. The van der Waals surface area contributed by atoms with Crippen molar-refractivity contribution in [3.05, 3.63) is 298 Å². The Morgan fingerprint density at radius 3 is 1.01 bits per heavy atom. The molecule has 0 amide bonds. The van der Waals surface area contributed by atoms with Crippen LogP contribution in [0.5, 0.6) is 23.0 Å². The van der Waals surface area contributed by atoms with Gasteiger partial charge in [0.15, 0.2) is 0 Å². The Morgan fingerprint density at radius 1 is 0.282 bits per heavy atom. The van der Waals surface area contributed by atoms with Gasteiger partial charge in [-0.1, -0.05) is 170 Å². The molecule has 0 saturated heterocycles. The maximum Gasteiger partial charge on any atom is 0.132 e. The Morgan fingerprint density at radius 2 is 0.615 bits per heavy atom. The second kappa shape index (κ2) is 16.9. The quantitative estimate of drug-likeness (QED) is 0.166. The maximum absolute atomic E-state index is 7.09. The van der Waals surface area contributed by atoms with Gasteiger partial charge in [0.25, 0.3) is 0 Å². The molecule has 17 rings (SSSR count). The molecule has 4 nitrogen and oxygen atoms in total. The van der Waals surface area contributed by atoms with Gasteiger partial charge in [0.1, 0.15) is 33.0 Å². The van der Waals surface area contributed by atoms with E-state index in [1.165, 1.54) is 61.2 Å². The van der Waals surface area contributed by atoms with Crippen LogP contribution in [0.25, 0.3) is 40.3 Å². The molecule has 78 heavy (non-hydrogen) atoms. The van der Waals surface area contributed by atoms with Gasteiger partial charge in [-0.05, 0) is 96.1 Å². The van der Waals surface area contributed by atoms with Crippen LogP contribution in [0.1, 0.15) is 43.1 Å². The van der Waals surface area contributed by atoms with E-state index < -0.39 is 10.8 Å². The molecule has 1 aliphatic carbocycles. The molecule has 3 aliphatic rings. The minimum absolute atomic E-state index is 0.848. The monoisotopic (exact) mass is 1070 g/mol. The first kappa shape index (κ1) is 44.4. The van der Waals surface area contributed by atoms with Gasteiger partial charge in [0.05, 0.1) is 31.6 Å². The van der Waals surface area contributed by atoms with E-state index in [2.05, 4.69) is 265 Å². The minimum Gasteiger partial charge on any atom is -0.457 e. The molecule has 2 spiro atoms. The van der Waals surface area contributed by atoms with Gasteiger partial charge in [-0.2, -0.15) is 0 Å². The summed E-state index contributed by atoms with van der Waals surface area (Å²) in [6, 6.07) is 93.5. The molecule has 0 bridgehead atoms. The van der Waals surface area contributed by atoms with Crippen LogP contribution in [0, 0.1) is 0 Å².